The van der Waals surface area contributed by atoms with Gasteiger partial charge in [0.15, 0.2) is 0 Å². The first kappa shape index (κ1) is 12.2. The van der Waals surface area contributed by atoms with E-state index in [0.717, 1.165) is 13.1 Å². The summed E-state index contributed by atoms with van der Waals surface area (Å²) in [5.74, 6) is 0. The molecule has 2 aliphatic heterocycles. The lowest BCUT2D eigenvalue weighted by atomic mass is 9.71. The largest absolute Gasteiger partial charge is 0.371 e. The third-order valence-electron chi connectivity index (χ3n) is 4.56. The summed E-state index contributed by atoms with van der Waals surface area (Å²) in [4.78, 5) is 6.49. The van der Waals surface area contributed by atoms with Crippen LogP contribution in [0.5, 0.6) is 0 Å². The molecule has 0 aromatic carbocycles. The van der Waals surface area contributed by atoms with Crippen molar-refractivity contribution < 1.29 is 0 Å². The highest BCUT2D eigenvalue weighted by Gasteiger charge is 2.35. The number of halogens is 1. The highest BCUT2D eigenvalue weighted by molar-refractivity contribution is 6.29. The molecular weight excluding hydrogens is 246 g/mol. The van der Waals surface area contributed by atoms with Crippen LogP contribution in [0, 0.1) is 5.41 Å². The van der Waals surface area contributed by atoms with E-state index in [0.29, 0.717) is 10.6 Å². The monoisotopic (exact) mass is 265 g/mol. The third kappa shape index (κ3) is 2.47. The number of rotatable bonds is 1. The van der Waals surface area contributed by atoms with Crippen LogP contribution in [0.2, 0.25) is 5.15 Å². The molecule has 2 saturated heterocycles. The molecule has 0 atom stereocenters. The van der Waals surface area contributed by atoms with Crippen molar-refractivity contribution in [3.8, 4) is 0 Å². The van der Waals surface area contributed by atoms with Crippen LogP contribution in [0.1, 0.15) is 25.7 Å². The molecule has 1 spiro atoms. The molecule has 2 aliphatic rings. The zero-order valence-electron chi connectivity index (χ0n) is 10.7. The van der Waals surface area contributed by atoms with Crippen LogP contribution in [0.4, 0.5) is 5.69 Å². The van der Waals surface area contributed by atoms with Crippen molar-refractivity contribution in [3.05, 3.63) is 23.5 Å². The summed E-state index contributed by atoms with van der Waals surface area (Å²) in [6.45, 7) is 4.70. The van der Waals surface area contributed by atoms with Gasteiger partial charge in [-0.15, -0.1) is 0 Å². The van der Waals surface area contributed by atoms with E-state index in [1.807, 2.05) is 6.07 Å². The van der Waals surface area contributed by atoms with Gasteiger partial charge in [-0.05, 0) is 56.3 Å². The van der Waals surface area contributed by atoms with Gasteiger partial charge in [0.25, 0.3) is 0 Å². The molecule has 0 amide bonds. The second kappa shape index (κ2) is 5.06. The Balaban J connectivity index is 1.66. The quantitative estimate of drug-likeness (QED) is 0.792. The molecule has 1 aromatic heterocycles. The number of aromatic nitrogens is 1. The second-order valence-electron chi connectivity index (χ2n) is 5.57. The SMILES string of the molecule is Clc1cc(N2CCC3(CCNCC3)CC2)ccn1. The maximum Gasteiger partial charge on any atom is 0.131 e. The van der Waals surface area contributed by atoms with Crippen molar-refractivity contribution in [2.24, 2.45) is 5.41 Å². The molecule has 3 nitrogen and oxygen atoms in total. The van der Waals surface area contributed by atoms with Crippen molar-refractivity contribution in [2.75, 3.05) is 31.1 Å². The number of piperidine rings is 2. The summed E-state index contributed by atoms with van der Waals surface area (Å²) in [5.41, 5.74) is 1.83. The van der Waals surface area contributed by atoms with Gasteiger partial charge in [0.1, 0.15) is 5.15 Å². The molecule has 1 aromatic rings. The van der Waals surface area contributed by atoms with Crippen LogP contribution in [-0.4, -0.2) is 31.2 Å². The summed E-state index contributed by atoms with van der Waals surface area (Å²) in [5, 5.41) is 4.06. The van der Waals surface area contributed by atoms with Crippen molar-refractivity contribution in [3.63, 3.8) is 0 Å². The summed E-state index contributed by atoms with van der Waals surface area (Å²) < 4.78 is 0. The highest BCUT2D eigenvalue weighted by atomic mass is 35.5. The van der Waals surface area contributed by atoms with Gasteiger partial charge in [-0.25, -0.2) is 4.98 Å². The van der Waals surface area contributed by atoms with Crippen LogP contribution < -0.4 is 10.2 Å². The smallest absolute Gasteiger partial charge is 0.131 e. The number of hydrogen-bond acceptors (Lipinski definition) is 3. The minimum absolute atomic E-state index is 0.592. The molecule has 1 N–H and O–H groups in total. The zero-order chi connectivity index (χ0) is 12.4. The summed E-state index contributed by atoms with van der Waals surface area (Å²) >= 11 is 5.96. The average Bonchev–Trinajstić information content (AvgIpc) is 2.40. The number of nitrogens with one attached hydrogen (secondary N) is 1. The van der Waals surface area contributed by atoms with E-state index in [2.05, 4.69) is 21.3 Å². The lowest BCUT2D eigenvalue weighted by Gasteiger charge is -2.45. The van der Waals surface area contributed by atoms with E-state index >= 15 is 0 Å². The Morgan fingerprint density at radius 3 is 2.56 bits per heavy atom. The van der Waals surface area contributed by atoms with Gasteiger partial charge in [0.2, 0.25) is 0 Å². The Bertz CT molecular complexity index is 405. The zero-order valence-corrected chi connectivity index (χ0v) is 11.4. The molecule has 18 heavy (non-hydrogen) atoms. The molecule has 0 unspecified atom stereocenters. The molecule has 2 fully saturated rings. The lowest BCUT2D eigenvalue weighted by Crippen LogP contribution is -2.45. The van der Waals surface area contributed by atoms with Crippen LogP contribution >= 0.6 is 11.6 Å². The van der Waals surface area contributed by atoms with E-state index in [9.17, 15) is 0 Å². The normalized spacial score (nSPS) is 23.3. The Hall–Kier alpha value is -0.800. The first-order valence-electron chi connectivity index (χ1n) is 6.85. The maximum atomic E-state index is 5.96. The molecule has 0 radical (unpaired) electrons. The molecule has 0 saturated carbocycles. The van der Waals surface area contributed by atoms with E-state index in [-0.39, 0.29) is 0 Å². The molecule has 0 bridgehead atoms. The molecule has 0 aliphatic carbocycles. The Morgan fingerprint density at radius 1 is 1.17 bits per heavy atom. The van der Waals surface area contributed by atoms with Gasteiger partial charge in [-0.3, -0.25) is 0 Å². The fourth-order valence-electron chi connectivity index (χ4n) is 3.29. The lowest BCUT2D eigenvalue weighted by molar-refractivity contribution is 0.155. The molecule has 3 rings (SSSR count). The van der Waals surface area contributed by atoms with Gasteiger partial charge < -0.3 is 10.2 Å². The number of pyridine rings is 1. The van der Waals surface area contributed by atoms with Crippen molar-refractivity contribution in [1.82, 2.24) is 10.3 Å². The molecule has 98 valence electrons. The van der Waals surface area contributed by atoms with Crippen molar-refractivity contribution in [1.29, 1.82) is 0 Å². The Labute approximate surface area is 114 Å². The summed E-state index contributed by atoms with van der Waals surface area (Å²) in [7, 11) is 0. The fraction of sp³-hybridized carbons (Fsp3) is 0.643. The first-order valence-corrected chi connectivity index (χ1v) is 7.23. The van der Waals surface area contributed by atoms with Gasteiger partial charge >= 0.3 is 0 Å². The number of hydrogen-bond donors (Lipinski definition) is 1. The van der Waals surface area contributed by atoms with Gasteiger partial charge in [-0.1, -0.05) is 11.6 Å². The number of anilines is 1. The van der Waals surface area contributed by atoms with Gasteiger partial charge in [0, 0.05) is 25.0 Å². The van der Waals surface area contributed by atoms with Crippen LogP contribution in [0.25, 0.3) is 0 Å². The average molecular weight is 266 g/mol. The minimum Gasteiger partial charge on any atom is -0.371 e. The van der Waals surface area contributed by atoms with Gasteiger partial charge in [0.05, 0.1) is 0 Å². The molecule has 4 heteroatoms. The van der Waals surface area contributed by atoms with Crippen LogP contribution in [0.15, 0.2) is 18.3 Å². The number of nitrogens with zero attached hydrogens (tertiary/aromatic N) is 2. The van der Waals surface area contributed by atoms with Gasteiger partial charge in [-0.2, -0.15) is 0 Å². The Kier molecular flexibility index (Phi) is 3.44. The summed E-state index contributed by atoms with van der Waals surface area (Å²) in [6.07, 6.45) is 7.12. The van der Waals surface area contributed by atoms with E-state index in [4.69, 9.17) is 11.6 Å². The first-order chi connectivity index (χ1) is 8.77. The fourth-order valence-corrected chi connectivity index (χ4v) is 3.45. The third-order valence-corrected chi connectivity index (χ3v) is 4.77. The van der Waals surface area contributed by atoms with Crippen LogP contribution in [-0.2, 0) is 0 Å². The molecular formula is C14H20ClN3. The Morgan fingerprint density at radius 2 is 1.89 bits per heavy atom. The molecule has 3 heterocycles. The van der Waals surface area contributed by atoms with E-state index in [1.165, 1.54) is 44.5 Å². The van der Waals surface area contributed by atoms with Crippen LogP contribution in [0.3, 0.4) is 0 Å². The van der Waals surface area contributed by atoms with E-state index in [1.54, 1.807) is 6.20 Å². The maximum absolute atomic E-state index is 5.96. The highest BCUT2D eigenvalue weighted by Crippen LogP contribution is 2.40. The van der Waals surface area contributed by atoms with Crippen molar-refractivity contribution >= 4 is 17.3 Å². The van der Waals surface area contributed by atoms with E-state index < -0.39 is 0 Å². The minimum atomic E-state index is 0.592. The second-order valence-corrected chi connectivity index (χ2v) is 5.96. The predicted molar refractivity (Wildman–Crippen MR) is 75.2 cm³/mol. The van der Waals surface area contributed by atoms with Crippen molar-refractivity contribution in [2.45, 2.75) is 25.7 Å². The summed E-state index contributed by atoms with van der Waals surface area (Å²) in [6, 6.07) is 4.04. The predicted octanol–water partition coefficient (Wildman–Crippen LogP) is 2.71. The standard InChI is InChI=1S/C14H20ClN3/c15-13-11-12(1-6-17-13)18-9-4-14(5-10-18)2-7-16-8-3-14/h1,6,11,16H,2-5,7-10H2. The topological polar surface area (TPSA) is 28.2 Å².